The molecule has 2 rings (SSSR count). The van der Waals surface area contributed by atoms with Crippen LogP contribution in [0.1, 0.15) is 12.0 Å². The quantitative estimate of drug-likeness (QED) is 0.411. The molecular weight excluding hydrogens is 336 g/mol. The minimum Gasteiger partial charge on any atom is -0.473 e. The molecule has 1 aromatic carbocycles. The smallest absolute Gasteiger partial charge is 0.306 e. The van der Waals surface area contributed by atoms with Gasteiger partial charge in [-0.3, -0.25) is 9.78 Å². The van der Waals surface area contributed by atoms with Crippen molar-refractivity contribution in [3.05, 3.63) is 47.4 Å². The number of benzene rings is 1. The summed E-state index contributed by atoms with van der Waals surface area (Å²) < 4.78 is 10.4. The Morgan fingerprint density at radius 1 is 1.22 bits per heavy atom. The van der Waals surface area contributed by atoms with Crippen LogP contribution in [-0.4, -0.2) is 34.9 Å². The number of carbonyl (C=O) groups is 1. The van der Waals surface area contributed by atoms with E-state index in [1.54, 1.807) is 11.8 Å². The molecule has 0 N–H and O–H groups in total. The summed E-state index contributed by atoms with van der Waals surface area (Å²) in [5.41, 5.74) is 1.22. The molecule has 7 heteroatoms. The first-order valence-corrected chi connectivity index (χ1v) is 8.45. The lowest BCUT2D eigenvalue weighted by atomic mass is 10.2. The second-order valence-corrected chi connectivity index (χ2v) is 6.22. The number of carbonyl (C=O) groups excluding carboxylic acids is 1. The Kier molecular flexibility index (Phi) is 7.16. The maximum atomic E-state index is 11.6. The van der Waals surface area contributed by atoms with Crippen LogP contribution in [-0.2, 0) is 9.53 Å². The number of esters is 1. The number of nitrogens with zero attached hydrogens (tertiary/aromatic N) is 2. The lowest BCUT2D eigenvalue weighted by Crippen LogP contribution is -2.13. The van der Waals surface area contributed by atoms with Gasteiger partial charge in [-0.1, -0.05) is 29.3 Å². The molecule has 1 heterocycles. The molecule has 0 spiro atoms. The van der Waals surface area contributed by atoms with Gasteiger partial charge in [0.2, 0.25) is 5.88 Å². The summed E-state index contributed by atoms with van der Waals surface area (Å²) in [7, 11) is 0. The first kappa shape index (κ1) is 17.6. The normalized spacial score (nSPS) is 10.3. The van der Waals surface area contributed by atoms with E-state index in [9.17, 15) is 4.79 Å². The molecule has 23 heavy (non-hydrogen) atoms. The van der Waals surface area contributed by atoms with Crippen LogP contribution in [0, 0.1) is 6.92 Å². The molecule has 122 valence electrons. The number of halogens is 1. The highest BCUT2D eigenvalue weighted by molar-refractivity contribution is 7.99. The van der Waals surface area contributed by atoms with Gasteiger partial charge < -0.3 is 9.47 Å². The van der Waals surface area contributed by atoms with Gasteiger partial charge in [-0.05, 0) is 19.1 Å². The molecule has 5 nitrogen and oxygen atoms in total. The number of hydrogen-bond donors (Lipinski definition) is 0. The number of ether oxygens (including phenoxy) is 2. The van der Waals surface area contributed by atoms with Crippen LogP contribution in [0.5, 0.6) is 5.88 Å². The largest absolute Gasteiger partial charge is 0.473 e. The van der Waals surface area contributed by atoms with E-state index < -0.39 is 0 Å². The van der Waals surface area contributed by atoms with Crippen LogP contribution in [0.4, 0.5) is 0 Å². The highest BCUT2D eigenvalue weighted by Crippen LogP contribution is 2.19. The van der Waals surface area contributed by atoms with E-state index in [0.29, 0.717) is 18.1 Å². The zero-order valence-corrected chi connectivity index (χ0v) is 14.3. The van der Waals surface area contributed by atoms with Gasteiger partial charge in [0.05, 0.1) is 18.8 Å². The number of aryl methyl sites for hydroxylation is 1. The Bertz CT molecular complexity index is 637. The van der Waals surface area contributed by atoms with Gasteiger partial charge in [0.1, 0.15) is 13.2 Å². The molecule has 0 radical (unpaired) electrons. The van der Waals surface area contributed by atoms with Gasteiger partial charge in [-0.15, -0.1) is 11.8 Å². The molecule has 1 aromatic heterocycles. The van der Waals surface area contributed by atoms with Crippen molar-refractivity contribution in [2.45, 2.75) is 18.2 Å². The Morgan fingerprint density at radius 3 is 2.74 bits per heavy atom. The molecule has 0 aliphatic heterocycles. The summed E-state index contributed by atoms with van der Waals surface area (Å²) in [5, 5.41) is 0.257. The standard InChI is InChI=1S/C16H17ClN2O3S/c1-12-2-4-13(5-3-12)23-9-6-16(20)22-8-7-21-15-11-18-10-14(17)19-15/h2-5,10-11H,6-9H2,1H3. The van der Waals surface area contributed by atoms with Crippen molar-refractivity contribution < 1.29 is 14.3 Å². The van der Waals surface area contributed by atoms with Gasteiger partial charge in [-0.2, -0.15) is 4.98 Å². The minimum atomic E-state index is -0.245. The predicted octanol–water partition coefficient (Wildman–Crippen LogP) is 3.54. The molecule has 0 atom stereocenters. The number of rotatable bonds is 8. The Hall–Kier alpha value is -1.79. The summed E-state index contributed by atoms with van der Waals surface area (Å²) in [4.78, 5) is 20.5. The molecule has 0 aliphatic rings. The van der Waals surface area contributed by atoms with Crippen molar-refractivity contribution in [2.75, 3.05) is 19.0 Å². The van der Waals surface area contributed by atoms with Gasteiger partial charge in [0, 0.05) is 10.6 Å². The van der Waals surface area contributed by atoms with E-state index in [4.69, 9.17) is 21.1 Å². The molecule has 0 fully saturated rings. The van der Waals surface area contributed by atoms with Crippen molar-refractivity contribution in [1.29, 1.82) is 0 Å². The van der Waals surface area contributed by atoms with Crippen LogP contribution in [0.15, 0.2) is 41.6 Å². The first-order chi connectivity index (χ1) is 11.1. The third-order valence-corrected chi connectivity index (χ3v) is 3.97. The number of hydrogen-bond acceptors (Lipinski definition) is 6. The van der Waals surface area contributed by atoms with Crippen molar-refractivity contribution >= 4 is 29.3 Å². The van der Waals surface area contributed by atoms with Crippen LogP contribution in [0.25, 0.3) is 0 Å². The lowest BCUT2D eigenvalue weighted by molar-refractivity contribution is -0.143. The number of thioether (sulfide) groups is 1. The minimum absolute atomic E-state index is 0.169. The third kappa shape index (κ3) is 6.88. The van der Waals surface area contributed by atoms with E-state index >= 15 is 0 Å². The molecule has 0 unspecified atom stereocenters. The summed E-state index contributed by atoms with van der Waals surface area (Å²) in [6.45, 7) is 2.43. The summed E-state index contributed by atoms with van der Waals surface area (Å²) in [6.07, 6.45) is 3.22. The second kappa shape index (κ2) is 9.37. The van der Waals surface area contributed by atoms with Crippen molar-refractivity contribution in [1.82, 2.24) is 9.97 Å². The number of aromatic nitrogens is 2. The molecule has 0 saturated heterocycles. The Morgan fingerprint density at radius 2 is 2.00 bits per heavy atom. The van der Waals surface area contributed by atoms with Crippen molar-refractivity contribution in [3.8, 4) is 5.88 Å². The van der Waals surface area contributed by atoms with Crippen LogP contribution in [0.2, 0.25) is 5.15 Å². The topological polar surface area (TPSA) is 61.3 Å². The van der Waals surface area contributed by atoms with Gasteiger partial charge in [0.15, 0.2) is 5.15 Å². The fourth-order valence-corrected chi connectivity index (χ4v) is 2.63. The monoisotopic (exact) mass is 352 g/mol. The highest BCUT2D eigenvalue weighted by atomic mass is 35.5. The molecule has 0 aliphatic carbocycles. The van der Waals surface area contributed by atoms with Gasteiger partial charge >= 0.3 is 5.97 Å². The summed E-state index contributed by atoms with van der Waals surface area (Å²) in [6, 6.07) is 8.20. The zero-order valence-electron chi connectivity index (χ0n) is 12.7. The zero-order chi connectivity index (χ0) is 16.5. The van der Waals surface area contributed by atoms with Crippen LogP contribution >= 0.6 is 23.4 Å². The summed E-state index contributed by atoms with van der Waals surface area (Å²) >= 11 is 7.31. The van der Waals surface area contributed by atoms with E-state index in [1.807, 2.05) is 19.1 Å². The predicted molar refractivity (Wildman–Crippen MR) is 90.0 cm³/mol. The fourth-order valence-electron chi connectivity index (χ4n) is 1.66. The van der Waals surface area contributed by atoms with Crippen LogP contribution in [0.3, 0.4) is 0 Å². The van der Waals surface area contributed by atoms with Crippen LogP contribution < -0.4 is 4.74 Å². The Labute approximate surface area is 144 Å². The summed E-state index contributed by atoms with van der Waals surface area (Å²) in [5.74, 6) is 0.747. The molecule has 2 aromatic rings. The first-order valence-electron chi connectivity index (χ1n) is 7.09. The molecular formula is C16H17ClN2O3S. The Balaban J connectivity index is 1.57. The SMILES string of the molecule is Cc1ccc(SCCC(=O)OCCOc2cncc(Cl)n2)cc1. The fraction of sp³-hybridized carbons (Fsp3) is 0.312. The average Bonchev–Trinajstić information content (AvgIpc) is 2.54. The van der Waals surface area contributed by atoms with E-state index in [-0.39, 0.29) is 24.3 Å². The second-order valence-electron chi connectivity index (χ2n) is 4.66. The highest BCUT2D eigenvalue weighted by Gasteiger charge is 2.04. The van der Waals surface area contributed by atoms with Crippen molar-refractivity contribution in [3.63, 3.8) is 0 Å². The van der Waals surface area contributed by atoms with Gasteiger partial charge in [-0.25, -0.2) is 0 Å². The molecule has 0 saturated carbocycles. The van der Waals surface area contributed by atoms with E-state index in [1.165, 1.54) is 18.0 Å². The van der Waals surface area contributed by atoms with E-state index in [2.05, 4.69) is 22.1 Å². The molecule has 0 amide bonds. The maximum Gasteiger partial charge on any atom is 0.306 e. The lowest BCUT2D eigenvalue weighted by Gasteiger charge is -2.06. The average molecular weight is 353 g/mol. The van der Waals surface area contributed by atoms with Gasteiger partial charge in [0.25, 0.3) is 0 Å². The third-order valence-electron chi connectivity index (χ3n) is 2.78. The maximum absolute atomic E-state index is 11.6. The molecule has 0 bridgehead atoms. The van der Waals surface area contributed by atoms with Crippen molar-refractivity contribution in [2.24, 2.45) is 0 Å². The van der Waals surface area contributed by atoms with E-state index in [0.717, 1.165) is 4.90 Å².